The lowest BCUT2D eigenvalue weighted by Crippen LogP contribution is -2.27. The Morgan fingerprint density at radius 2 is 1.67 bits per heavy atom. The molecule has 0 bridgehead atoms. The van der Waals surface area contributed by atoms with E-state index in [2.05, 4.69) is 45.6 Å². The van der Waals surface area contributed by atoms with Gasteiger partial charge in [-0.15, -0.1) is 0 Å². The van der Waals surface area contributed by atoms with Gasteiger partial charge in [-0.2, -0.15) is 0 Å². The molecule has 2 heterocycles. The Morgan fingerprint density at radius 1 is 0.967 bits per heavy atom. The molecule has 4 rings (SSSR count). The van der Waals surface area contributed by atoms with Gasteiger partial charge in [-0.3, -0.25) is 14.5 Å². The third-order valence-electron chi connectivity index (χ3n) is 5.24. The number of halogens is 1. The van der Waals surface area contributed by atoms with Gasteiger partial charge in [0.05, 0.1) is 11.4 Å². The number of benzene rings is 2. The minimum atomic E-state index is -0.242. The first-order valence-corrected chi connectivity index (χ1v) is 11.2. The van der Waals surface area contributed by atoms with Crippen LogP contribution < -0.4 is 0 Å². The number of aryl methyl sites for hydroxylation is 1. The molecule has 0 saturated carbocycles. The number of nitrogens with zero attached hydrogens (tertiary/aromatic N) is 2. The molecule has 1 aliphatic heterocycles. The zero-order valence-electron chi connectivity index (χ0n) is 16.8. The molecule has 2 amide bonds. The van der Waals surface area contributed by atoms with Gasteiger partial charge in [0.25, 0.3) is 11.1 Å². The Balaban J connectivity index is 1.58. The third kappa shape index (κ3) is 4.16. The minimum Gasteiger partial charge on any atom is -0.344 e. The largest absolute Gasteiger partial charge is 0.344 e. The van der Waals surface area contributed by atoms with Crippen LogP contribution in [-0.2, 0) is 17.9 Å². The average molecular weight is 481 g/mol. The number of hydrogen-bond acceptors (Lipinski definition) is 3. The highest BCUT2D eigenvalue weighted by Gasteiger charge is 2.35. The maximum Gasteiger partial charge on any atom is 0.293 e. The summed E-state index contributed by atoms with van der Waals surface area (Å²) in [6.07, 6.45) is 1.84. The van der Waals surface area contributed by atoms with Crippen molar-refractivity contribution < 1.29 is 9.59 Å². The van der Waals surface area contributed by atoms with E-state index in [1.807, 2.05) is 55.5 Å². The van der Waals surface area contributed by atoms with Crippen molar-refractivity contribution in [2.24, 2.45) is 0 Å². The number of thioether (sulfide) groups is 1. The summed E-state index contributed by atoms with van der Waals surface area (Å²) < 4.78 is 3.12. The van der Waals surface area contributed by atoms with Gasteiger partial charge in [0.2, 0.25) is 0 Å². The van der Waals surface area contributed by atoms with Crippen LogP contribution in [0.1, 0.15) is 28.1 Å². The van der Waals surface area contributed by atoms with Crippen molar-refractivity contribution in [3.63, 3.8) is 0 Å². The monoisotopic (exact) mass is 480 g/mol. The van der Waals surface area contributed by atoms with Crippen LogP contribution in [0.3, 0.4) is 0 Å². The van der Waals surface area contributed by atoms with Crippen molar-refractivity contribution in [3.05, 3.63) is 98.1 Å². The molecule has 0 atom stereocenters. The molecule has 0 aliphatic carbocycles. The van der Waals surface area contributed by atoms with Gasteiger partial charge >= 0.3 is 0 Å². The van der Waals surface area contributed by atoms with Crippen LogP contribution in [0.4, 0.5) is 4.79 Å². The molecule has 3 aromatic rings. The van der Waals surface area contributed by atoms with E-state index in [0.29, 0.717) is 4.91 Å². The summed E-state index contributed by atoms with van der Waals surface area (Å²) in [5.41, 5.74) is 5.29. The van der Waals surface area contributed by atoms with Crippen molar-refractivity contribution in [2.45, 2.75) is 26.9 Å². The molecule has 1 saturated heterocycles. The van der Waals surface area contributed by atoms with Gasteiger partial charge in [0, 0.05) is 22.4 Å². The highest BCUT2D eigenvalue weighted by atomic mass is 79.9. The Bertz CT molecular complexity index is 1150. The number of rotatable bonds is 5. The summed E-state index contributed by atoms with van der Waals surface area (Å²) in [7, 11) is 0. The second-order valence-corrected chi connectivity index (χ2v) is 9.11. The summed E-state index contributed by atoms with van der Waals surface area (Å²) in [6, 6.07) is 20.0. The fourth-order valence-electron chi connectivity index (χ4n) is 3.56. The summed E-state index contributed by atoms with van der Waals surface area (Å²) in [5, 5.41) is -0.236. The highest BCUT2D eigenvalue weighted by molar-refractivity contribution is 9.10. The smallest absolute Gasteiger partial charge is 0.293 e. The molecule has 0 N–H and O–H groups in total. The second-order valence-electron chi connectivity index (χ2n) is 7.26. The van der Waals surface area contributed by atoms with Gasteiger partial charge < -0.3 is 4.57 Å². The fraction of sp³-hybridized carbons (Fsp3) is 0.167. The molecule has 6 heteroatoms. The van der Waals surface area contributed by atoms with Crippen molar-refractivity contribution in [1.29, 1.82) is 0 Å². The zero-order chi connectivity index (χ0) is 21.3. The normalized spacial score (nSPS) is 15.4. The van der Waals surface area contributed by atoms with Gasteiger partial charge in [0.1, 0.15) is 0 Å². The highest BCUT2D eigenvalue weighted by Crippen LogP contribution is 2.35. The average Bonchev–Trinajstić information content (AvgIpc) is 3.15. The van der Waals surface area contributed by atoms with Crippen molar-refractivity contribution in [2.75, 3.05) is 0 Å². The molecule has 1 aromatic heterocycles. The summed E-state index contributed by atoms with van der Waals surface area (Å²) in [6.45, 7) is 5.14. The second kappa shape index (κ2) is 8.66. The topological polar surface area (TPSA) is 42.3 Å². The lowest BCUT2D eigenvalue weighted by molar-refractivity contribution is -0.123. The summed E-state index contributed by atoms with van der Waals surface area (Å²) in [5.74, 6) is -0.242. The van der Waals surface area contributed by atoms with Crippen molar-refractivity contribution in [1.82, 2.24) is 9.47 Å². The van der Waals surface area contributed by atoms with E-state index in [1.165, 1.54) is 10.5 Å². The zero-order valence-corrected chi connectivity index (χ0v) is 19.2. The predicted molar refractivity (Wildman–Crippen MR) is 125 cm³/mol. The van der Waals surface area contributed by atoms with Gasteiger partial charge in [-0.25, -0.2) is 0 Å². The quantitative estimate of drug-likeness (QED) is 0.411. The van der Waals surface area contributed by atoms with E-state index in [0.717, 1.165) is 45.3 Å². The Kier molecular flexibility index (Phi) is 5.97. The number of amides is 2. The number of imide groups is 1. The Morgan fingerprint density at radius 3 is 2.40 bits per heavy atom. The molecular weight excluding hydrogens is 460 g/mol. The molecular formula is C24H21BrN2O2S. The van der Waals surface area contributed by atoms with Crippen LogP contribution >= 0.6 is 27.7 Å². The molecule has 0 radical (unpaired) electrons. The van der Waals surface area contributed by atoms with E-state index in [-0.39, 0.29) is 17.7 Å². The number of carbonyl (C=O) groups excluding carboxylic acids is 2. The van der Waals surface area contributed by atoms with Crippen LogP contribution in [0.2, 0.25) is 0 Å². The van der Waals surface area contributed by atoms with Gasteiger partial charge in [0.15, 0.2) is 0 Å². The van der Waals surface area contributed by atoms with Crippen LogP contribution in [0.5, 0.6) is 0 Å². The van der Waals surface area contributed by atoms with E-state index >= 15 is 0 Å². The van der Waals surface area contributed by atoms with E-state index < -0.39 is 0 Å². The molecule has 4 nitrogen and oxygen atoms in total. The lowest BCUT2D eigenvalue weighted by atomic mass is 10.2. The minimum absolute atomic E-state index is 0.236. The maximum atomic E-state index is 12.9. The molecule has 152 valence electrons. The Hall–Kier alpha value is -2.57. The molecule has 30 heavy (non-hydrogen) atoms. The number of hydrogen-bond donors (Lipinski definition) is 0. The van der Waals surface area contributed by atoms with Crippen LogP contribution in [0.25, 0.3) is 6.08 Å². The number of carbonyl (C=O) groups is 2. The van der Waals surface area contributed by atoms with Crippen molar-refractivity contribution >= 4 is 44.9 Å². The SMILES string of the molecule is Cc1cc(/C=C2\SC(=O)N(Cc3ccccc3Br)C2=O)c(C)n1Cc1ccccc1. The van der Waals surface area contributed by atoms with Crippen LogP contribution in [0, 0.1) is 13.8 Å². The molecule has 1 aliphatic rings. The van der Waals surface area contributed by atoms with E-state index in [1.54, 1.807) is 0 Å². The molecule has 2 aromatic carbocycles. The summed E-state index contributed by atoms with van der Waals surface area (Å²) in [4.78, 5) is 27.2. The van der Waals surface area contributed by atoms with Crippen LogP contribution in [-0.4, -0.2) is 20.6 Å². The van der Waals surface area contributed by atoms with Gasteiger partial charge in [-0.1, -0.05) is 64.5 Å². The van der Waals surface area contributed by atoms with E-state index in [4.69, 9.17) is 0 Å². The fourth-order valence-corrected chi connectivity index (χ4v) is 4.80. The van der Waals surface area contributed by atoms with E-state index in [9.17, 15) is 9.59 Å². The molecule has 0 unspecified atom stereocenters. The standard InChI is InChI=1S/C24H21BrN2O2S/c1-16-12-20(17(2)26(16)14-18-8-4-3-5-9-18)13-22-23(28)27(24(29)30-22)15-19-10-6-7-11-21(19)25/h3-13H,14-15H2,1-2H3/b22-13-. The van der Waals surface area contributed by atoms with Crippen molar-refractivity contribution in [3.8, 4) is 0 Å². The third-order valence-corrected chi connectivity index (χ3v) is 6.92. The van der Waals surface area contributed by atoms with Gasteiger partial charge in [-0.05, 0) is 60.5 Å². The first-order chi connectivity index (χ1) is 14.4. The lowest BCUT2D eigenvalue weighted by Gasteiger charge is -2.13. The number of aromatic nitrogens is 1. The maximum absolute atomic E-state index is 12.9. The molecule has 1 fully saturated rings. The molecule has 0 spiro atoms. The summed E-state index contributed by atoms with van der Waals surface area (Å²) >= 11 is 4.49. The Labute approximate surface area is 188 Å². The first kappa shape index (κ1) is 20.7. The predicted octanol–water partition coefficient (Wildman–Crippen LogP) is 6.15. The van der Waals surface area contributed by atoms with Crippen LogP contribution in [0.15, 0.2) is 70.0 Å². The first-order valence-electron chi connectivity index (χ1n) is 9.63.